The Kier molecular flexibility index (Phi) is 9.22. The summed E-state index contributed by atoms with van der Waals surface area (Å²) in [5, 5.41) is 22.0. The van der Waals surface area contributed by atoms with Crippen molar-refractivity contribution in [3.63, 3.8) is 0 Å². The first kappa shape index (κ1) is 25.0. The summed E-state index contributed by atoms with van der Waals surface area (Å²) in [6.07, 6.45) is 5.04. The van der Waals surface area contributed by atoms with E-state index in [2.05, 4.69) is 40.2 Å². The van der Waals surface area contributed by atoms with E-state index < -0.39 is 6.10 Å². The Morgan fingerprint density at radius 1 is 1.15 bits per heavy atom. The van der Waals surface area contributed by atoms with Gasteiger partial charge in [-0.15, -0.1) is 11.8 Å². The van der Waals surface area contributed by atoms with E-state index in [4.69, 9.17) is 4.74 Å². The number of ether oxygens (including phenoxy) is 1. The fraction of sp³-hybridized carbons (Fsp3) is 0.464. The molecule has 5 nitrogen and oxygen atoms in total. The summed E-state index contributed by atoms with van der Waals surface area (Å²) in [5.74, 6) is 2.60. The molecule has 0 bridgehead atoms. The monoisotopic (exact) mass is 480 g/mol. The average Bonchev–Trinajstić information content (AvgIpc) is 2.89. The molecule has 1 aromatic heterocycles. The number of aliphatic hydroxyl groups excluding tert-OH is 2. The van der Waals surface area contributed by atoms with Crippen molar-refractivity contribution in [2.24, 2.45) is 11.8 Å². The SMILES string of the molecule is COc1ccc2nccc([C@H](O)CC[C@@H]3CCN(CCCSc4ccccc4)C[C@@H]3CO)c2c1. The fourth-order valence-electron chi connectivity index (χ4n) is 5.03. The molecule has 2 heterocycles. The molecular weight excluding hydrogens is 444 g/mol. The maximum atomic E-state index is 11.0. The number of nitrogens with zero attached hydrogens (tertiary/aromatic N) is 2. The highest BCUT2D eigenvalue weighted by Crippen LogP contribution is 2.33. The molecule has 2 aromatic carbocycles. The van der Waals surface area contributed by atoms with Crippen molar-refractivity contribution in [1.82, 2.24) is 9.88 Å². The molecule has 3 aromatic rings. The maximum Gasteiger partial charge on any atom is 0.119 e. The van der Waals surface area contributed by atoms with Crippen LogP contribution in [0.1, 0.15) is 37.4 Å². The van der Waals surface area contributed by atoms with Crippen LogP contribution in [0.2, 0.25) is 0 Å². The molecule has 0 spiro atoms. The molecule has 34 heavy (non-hydrogen) atoms. The summed E-state index contributed by atoms with van der Waals surface area (Å²) in [5.41, 5.74) is 1.77. The zero-order chi connectivity index (χ0) is 23.8. The summed E-state index contributed by atoms with van der Waals surface area (Å²) in [6.45, 7) is 3.31. The quantitative estimate of drug-likeness (QED) is 0.292. The van der Waals surface area contributed by atoms with Crippen LogP contribution in [0.25, 0.3) is 10.9 Å². The number of likely N-dealkylation sites (tertiary alicyclic amines) is 1. The minimum Gasteiger partial charge on any atom is -0.497 e. The summed E-state index contributed by atoms with van der Waals surface area (Å²) in [7, 11) is 1.65. The smallest absolute Gasteiger partial charge is 0.119 e. The van der Waals surface area contributed by atoms with Crippen molar-refractivity contribution in [2.45, 2.75) is 36.7 Å². The predicted molar refractivity (Wildman–Crippen MR) is 139 cm³/mol. The van der Waals surface area contributed by atoms with Crippen LogP contribution in [-0.2, 0) is 0 Å². The third-order valence-electron chi connectivity index (χ3n) is 6.99. The zero-order valence-electron chi connectivity index (χ0n) is 20.0. The minimum absolute atomic E-state index is 0.214. The minimum atomic E-state index is -0.551. The largest absolute Gasteiger partial charge is 0.497 e. The van der Waals surface area contributed by atoms with Gasteiger partial charge in [0, 0.05) is 29.6 Å². The second kappa shape index (κ2) is 12.5. The molecule has 0 amide bonds. The molecule has 0 aliphatic carbocycles. The number of methoxy groups -OCH3 is 1. The van der Waals surface area contributed by atoms with Crippen molar-refractivity contribution in [1.29, 1.82) is 0 Å². The number of aliphatic hydroxyl groups is 2. The average molecular weight is 481 g/mol. The Hall–Kier alpha value is -2.12. The Labute approximate surface area is 207 Å². The topological polar surface area (TPSA) is 65.8 Å². The normalized spacial score (nSPS) is 19.9. The van der Waals surface area contributed by atoms with Crippen LogP contribution in [0.3, 0.4) is 0 Å². The van der Waals surface area contributed by atoms with E-state index in [-0.39, 0.29) is 12.5 Å². The van der Waals surface area contributed by atoms with Crippen LogP contribution in [0.5, 0.6) is 5.75 Å². The lowest BCUT2D eigenvalue weighted by Gasteiger charge is -2.38. The van der Waals surface area contributed by atoms with E-state index >= 15 is 0 Å². The lowest BCUT2D eigenvalue weighted by molar-refractivity contribution is 0.0581. The van der Waals surface area contributed by atoms with Gasteiger partial charge in [-0.3, -0.25) is 4.98 Å². The first-order valence-electron chi connectivity index (χ1n) is 12.3. The van der Waals surface area contributed by atoms with E-state index in [1.807, 2.05) is 36.0 Å². The Morgan fingerprint density at radius 3 is 2.79 bits per heavy atom. The van der Waals surface area contributed by atoms with Crippen LogP contribution < -0.4 is 4.74 Å². The van der Waals surface area contributed by atoms with Gasteiger partial charge >= 0.3 is 0 Å². The molecule has 0 saturated carbocycles. The number of thioether (sulfide) groups is 1. The van der Waals surface area contributed by atoms with Gasteiger partial charge in [-0.05, 0) is 98.3 Å². The van der Waals surface area contributed by atoms with E-state index in [1.165, 1.54) is 4.90 Å². The number of pyridine rings is 1. The first-order chi connectivity index (χ1) is 16.7. The lowest BCUT2D eigenvalue weighted by atomic mass is 9.81. The molecule has 1 saturated heterocycles. The Bertz CT molecular complexity index is 1030. The van der Waals surface area contributed by atoms with Gasteiger partial charge in [-0.25, -0.2) is 0 Å². The highest BCUT2D eigenvalue weighted by Gasteiger charge is 2.29. The maximum absolute atomic E-state index is 11.0. The predicted octanol–water partition coefficient (Wildman–Crippen LogP) is 5.17. The fourth-order valence-corrected chi connectivity index (χ4v) is 5.89. The molecule has 2 N–H and O–H groups in total. The van der Waals surface area contributed by atoms with Crippen molar-refractivity contribution in [3.8, 4) is 5.75 Å². The number of piperidine rings is 1. The first-order valence-corrected chi connectivity index (χ1v) is 13.3. The van der Waals surface area contributed by atoms with Crippen LogP contribution in [-0.4, -0.2) is 59.2 Å². The second-order valence-corrected chi connectivity index (χ2v) is 10.4. The van der Waals surface area contributed by atoms with Crippen LogP contribution in [0.15, 0.2) is 65.7 Å². The molecule has 1 fully saturated rings. The third kappa shape index (κ3) is 6.51. The second-order valence-electron chi connectivity index (χ2n) is 9.18. The number of fused-ring (bicyclic) bond motifs is 1. The van der Waals surface area contributed by atoms with Crippen molar-refractivity contribution >= 4 is 22.7 Å². The number of aromatic nitrogens is 1. The lowest BCUT2D eigenvalue weighted by Crippen LogP contribution is -2.42. The van der Waals surface area contributed by atoms with E-state index in [1.54, 1.807) is 13.3 Å². The van der Waals surface area contributed by atoms with Crippen LogP contribution >= 0.6 is 11.8 Å². The molecule has 1 aliphatic heterocycles. The zero-order valence-corrected chi connectivity index (χ0v) is 20.8. The van der Waals surface area contributed by atoms with E-state index in [9.17, 15) is 10.2 Å². The molecule has 0 radical (unpaired) electrons. The third-order valence-corrected chi connectivity index (χ3v) is 8.09. The van der Waals surface area contributed by atoms with Crippen LogP contribution in [0.4, 0.5) is 0 Å². The highest BCUT2D eigenvalue weighted by atomic mass is 32.2. The summed E-state index contributed by atoms with van der Waals surface area (Å²) in [6, 6.07) is 18.2. The number of benzene rings is 2. The van der Waals surface area contributed by atoms with Crippen molar-refractivity contribution in [3.05, 3.63) is 66.4 Å². The van der Waals surface area contributed by atoms with Gasteiger partial charge in [0.2, 0.25) is 0 Å². The molecule has 1 aliphatic rings. The summed E-state index contributed by atoms with van der Waals surface area (Å²) >= 11 is 1.91. The molecule has 182 valence electrons. The highest BCUT2D eigenvalue weighted by molar-refractivity contribution is 7.99. The van der Waals surface area contributed by atoms with Gasteiger partial charge in [-0.1, -0.05) is 18.2 Å². The number of rotatable bonds is 11. The summed E-state index contributed by atoms with van der Waals surface area (Å²) < 4.78 is 5.37. The Morgan fingerprint density at radius 2 is 2.00 bits per heavy atom. The van der Waals surface area contributed by atoms with Gasteiger partial charge in [0.15, 0.2) is 0 Å². The van der Waals surface area contributed by atoms with Gasteiger partial charge < -0.3 is 19.8 Å². The van der Waals surface area contributed by atoms with Gasteiger partial charge in [0.05, 0.1) is 18.7 Å². The van der Waals surface area contributed by atoms with E-state index in [0.29, 0.717) is 12.3 Å². The molecule has 6 heteroatoms. The molecule has 0 unspecified atom stereocenters. The number of hydrogen-bond acceptors (Lipinski definition) is 6. The van der Waals surface area contributed by atoms with Crippen molar-refractivity contribution in [2.75, 3.05) is 39.1 Å². The molecular formula is C28H36N2O3S. The number of hydrogen-bond donors (Lipinski definition) is 2. The van der Waals surface area contributed by atoms with Crippen molar-refractivity contribution < 1.29 is 14.9 Å². The van der Waals surface area contributed by atoms with E-state index in [0.717, 1.165) is 66.9 Å². The van der Waals surface area contributed by atoms with Crippen LogP contribution in [0, 0.1) is 11.8 Å². The Balaban J connectivity index is 1.26. The van der Waals surface area contributed by atoms with Gasteiger partial charge in [-0.2, -0.15) is 0 Å². The molecule has 4 rings (SSSR count). The standard InChI is InChI=1S/C28H36N2O3S/c1-33-23-9-10-27-26(18-23)25(12-14-29-27)28(32)11-8-21-13-16-30(19-22(21)20-31)15-5-17-34-24-6-3-2-4-7-24/h2-4,6-7,9-10,12,14,18,21-22,28,31-32H,5,8,11,13,15-17,19-20H2,1H3/t21-,22-,28-/m1/s1. The summed E-state index contributed by atoms with van der Waals surface area (Å²) in [4.78, 5) is 8.25. The molecule has 3 atom stereocenters. The van der Waals surface area contributed by atoms with Gasteiger partial charge in [0.25, 0.3) is 0 Å². The van der Waals surface area contributed by atoms with Gasteiger partial charge in [0.1, 0.15) is 5.75 Å².